The molecule has 0 bridgehead atoms. The molecule has 8 rings (SSSR count). The maximum atomic E-state index is 13.6. The van der Waals surface area contributed by atoms with E-state index in [2.05, 4.69) is 31.8 Å². The van der Waals surface area contributed by atoms with Crippen LogP contribution in [0.4, 0.5) is 4.79 Å². The Morgan fingerprint density at radius 2 is 1.69 bits per heavy atom. The summed E-state index contributed by atoms with van der Waals surface area (Å²) < 4.78 is 34.3. The van der Waals surface area contributed by atoms with Crippen molar-refractivity contribution in [2.24, 2.45) is 5.92 Å². The number of carbonyl (C=O) groups is 4. The van der Waals surface area contributed by atoms with E-state index in [0.717, 1.165) is 40.9 Å². The minimum Gasteiger partial charge on any atom is -0.444 e. The fraction of sp³-hybridized carbons (Fsp3) is 0.644. The first-order valence-electron chi connectivity index (χ1n) is 22.5. The first kappa shape index (κ1) is 45.5. The fourth-order valence-corrected chi connectivity index (χ4v) is 11.4. The number of thiazole rings is 1. The first-order valence-corrected chi connectivity index (χ1v) is 24.9. The largest absolute Gasteiger partial charge is 0.444 e. The molecule has 0 spiro atoms. The van der Waals surface area contributed by atoms with Crippen molar-refractivity contribution in [1.82, 2.24) is 34.8 Å². The van der Waals surface area contributed by atoms with Crippen LogP contribution in [0.1, 0.15) is 149 Å². The number of nitrogens with zero attached hydrogens (tertiary/aromatic N) is 3. The number of benzene rings is 1. The van der Waals surface area contributed by atoms with Crippen molar-refractivity contribution < 1.29 is 32.3 Å². The molecule has 4 N–H and O–H groups in total. The highest BCUT2D eigenvalue weighted by Crippen LogP contribution is 2.46. The van der Waals surface area contributed by atoms with Gasteiger partial charge in [-0.15, -0.1) is 11.3 Å². The summed E-state index contributed by atoms with van der Waals surface area (Å²) in [5, 5.41) is 8.18. The molecule has 15 nitrogen and oxygen atoms in total. The third kappa shape index (κ3) is 10.5. The number of H-pyrrole nitrogens is 1. The molecule has 4 fully saturated rings. The van der Waals surface area contributed by atoms with Crippen LogP contribution in [0.5, 0.6) is 0 Å². The molecule has 4 heterocycles. The predicted molar refractivity (Wildman–Crippen MR) is 239 cm³/mol. The predicted octanol–water partition coefficient (Wildman–Crippen LogP) is 6.96. The SMILES string of the molecule is CC(C)(C)OC(=O)N[C@H]1CCCCC/C=C\[C@@H]2C[C@@]2(C(=O)NS(=O)(=O)C2CC2)NC(=O)[C@@H]2CCCN2C1=O.CC(C)n1c(=O)[nH]c2c(-c3nc(C4CCCCC4)cs3)cccc21. The molecule has 4 atom stereocenters. The van der Waals surface area contributed by atoms with E-state index < -0.39 is 56.4 Å². The van der Waals surface area contributed by atoms with E-state index in [-0.39, 0.29) is 23.6 Å². The standard InChI is InChI=1S/C26H40N4O7S.C19H23N3OS/c1-25(2,3)37-24(34)27-19-11-8-6-4-5-7-10-17-16-26(17,23(33)29-38(35,36)18-13-14-18)28-21(31)20-12-9-15-30(20)22(19)32;1-12(2)22-16-10-6-9-14(17(16)21-19(22)23)18-20-15(11-24-18)13-7-4-3-5-8-13/h7,10,17-20H,4-6,8-9,11-16H2,1-3H3,(H,27,34)(H,28,31)(H,29,33);6,9-13H,3-5,7-8H2,1-2H3,(H,21,23)/b10-7-;/t17-,19+,20+,26-;/m1./s1. The van der Waals surface area contributed by atoms with Gasteiger partial charge in [-0.3, -0.25) is 23.7 Å². The molecule has 0 radical (unpaired) electrons. The lowest BCUT2D eigenvalue weighted by Gasteiger charge is -2.30. The average molecular weight is 894 g/mol. The molecule has 2 aromatic heterocycles. The van der Waals surface area contributed by atoms with Crippen LogP contribution in [-0.2, 0) is 29.1 Å². The van der Waals surface area contributed by atoms with Gasteiger partial charge in [0.1, 0.15) is 28.2 Å². The lowest BCUT2D eigenvalue weighted by atomic mass is 9.87. The molecular weight excluding hydrogens is 831 g/mol. The highest BCUT2D eigenvalue weighted by Gasteiger charge is 2.62. The minimum atomic E-state index is -3.78. The quantitative estimate of drug-likeness (QED) is 0.181. The smallest absolute Gasteiger partial charge is 0.408 e. The highest BCUT2D eigenvalue weighted by atomic mass is 32.2. The second kappa shape index (κ2) is 18.7. The van der Waals surface area contributed by atoms with Crippen molar-refractivity contribution >= 4 is 56.2 Å². The van der Waals surface area contributed by atoms with Gasteiger partial charge in [-0.2, -0.15) is 0 Å². The molecule has 3 saturated carbocycles. The van der Waals surface area contributed by atoms with Crippen LogP contribution >= 0.6 is 11.3 Å². The minimum absolute atomic E-state index is 0.0449. The first-order chi connectivity index (χ1) is 29.5. The van der Waals surface area contributed by atoms with E-state index in [1.165, 1.54) is 42.7 Å². The summed E-state index contributed by atoms with van der Waals surface area (Å²) in [5.74, 6) is -1.28. The lowest BCUT2D eigenvalue weighted by Crippen LogP contribution is -2.58. The molecule has 62 heavy (non-hydrogen) atoms. The zero-order chi connectivity index (χ0) is 44.4. The maximum absolute atomic E-state index is 13.6. The zero-order valence-corrected chi connectivity index (χ0v) is 38.3. The molecule has 3 aromatic rings. The van der Waals surface area contributed by atoms with Gasteiger partial charge in [-0.1, -0.05) is 50.3 Å². The van der Waals surface area contributed by atoms with Crippen LogP contribution in [0.15, 0.2) is 40.5 Å². The Kier molecular flexibility index (Phi) is 13.7. The number of hydrogen-bond acceptors (Lipinski definition) is 10. The third-order valence-electron chi connectivity index (χ3n) is 12.6. The van der Waals surface area contributed by atoms with Crippen LogP contribution in [0, 0.1) is 5.92 Å². The number of para-hydroxylation sites is 1. The van der Waals surface area contributed by atoms with Crippen LogP contribution in [-0.4, -0.2) is 86.7 Å². The van der Waals surface area contributed by atoms with Crippen LogP contribution in [0.2, 0.25) is 0 Å². The van der Waals surface area contributed by atoms with E-state index >= 15 is 0 Å². The number of alkyl carbamates (subject to hydrolysis) is 1. The van der Waals surface area contributed by atoms with Crippen molar-refractivity contribution in [1.29, 1.82) is 0 Å². The Balaban J connectivity index is 0.000000206. The van der Waals surface area contributed by atoms with E-state index in [1.54, 1.807) is 32.1 Å². The molecule has 2 aliphatic heterocycles. The average Bonchev–Trinajstić information content (AvgIpc) is 4.01. The molecule has 4 amide bonds. The van der Waals surface area contributed by atoms with Crippen molar-refractivity contribution in [2.75, 3.05) is 6.54 Å². The number of imidazole rings is 1. The van der Waals surface area contributed by atoms with Crippen molar-refractivity contribution in [3.63, 3.8) is 0 Å². The summed E-state index contributed by atoms with van der Waals surface area (Å²) in [6, 6.07) is 4.57. The number of nitrogens with one attached hydrogen (secondary N) is 4. The van der Waals surface area contributed by atoms with Gasteiger partial charge in [0.05, 0.1) is 22.0 Å². The van der Waals surface area contributed by atoms with Crippen molar-refractivity contribution in [3.8, 4) is 10.6 Å². The summed E-state index contributed by atoms with van der Waals surface area (Å²) in [4.78, 5) is 74.5. The molecule has 5 aliphatic rings. The maximum Gasteiger partial charge on any atom is 0.408 e. The summed E-state index contributed by atoms with van der Waals surface area (Å²) >= 11 is 1.69. The molecule has 1 aromatic carbocycles. The number of aromatic nitrogens is 3. The van der Waals surface area contributed by atoms with E-state index in [4.69, 9.17) is 9.72 Å². The molecule has 3 aliphatic carbocycles. The third-order valence-corrected chi connectivity index (χ3v) is 15.3. The number of allylic oxidation sites excluding steroid dienone is 1. The highest BCUT2D eigenvalue weighted by molar-refractivity contribution is 7.91. The monoisotopic (exact) mass is 893 g/mol. The number of ether oxygens (including phenoxy) is 1. The van der Waals surface area contributed by atoms with Gasteiger partial charge in [-0.05, 0) is 111 Å². The number of hydrogen-bond donors (Lipinski definition) is 4. The summed E-state index contributed by atoms with van der Waals surface area (Å²) in [7, 11) is -3.78. The summed E-state index contributed by atoms with van der Waals surface area (Å²) in [5.41, 5.74) is 2.01. The molecule has 1 saturated heterocycles. The topological polar surface area (TPSA) is 202 Å². The van der Waals surface area contributed by atoms with Gasteiger partial charge in [0.2, 0.25) is 21.8 Å². The lowest BCUT2D eigenvalue weighted by molar-refractivity contribution is -0.141. The van der Waals surface area contributed by atoms with Crippen molar-refractivity contribution in [2.45, 2.75) is 171 Å². The van der Waals surface area contributed by atoms with Crippen LogP contribution in [0.3, 0.4) is 0 Å². The molecule has 0 unspecified atom stereocenters. The number of carbonyl (C=O) groups excluding carboxylic acids is 4. The molecular formula is C45H63N7O8S2. The van der Waals surface area contributed by atoms with Crippen LogP contribution in [0.25, 0.3) is 21.6 Å². The van der Waals surface area contributed by atoms with Crippen molar-refractivity contribution in [3.05, 3.63) is 51.9 Å². The van der Waals surface area contributed by atoms with Crippen LogP contribution < -0.4 is 21.0 Å². The Morgan fingerprint density at radius 3 is 2.40 bits per heavy atom. The van der Waals surface area contributed by atoms with Gasteiger partial charge in [-0.25, -0.2) is 23.0 Å². The van der Waals surface area contributed by atoms with Gasteiger partial charge in [0.15, 0.2) is 0 Å². The number of amides is 4. The van der Waals surface area contributed by atoms with E-state index in [1.807, 2.05) is 42.7 Å². The van der Waals surface area contributed by atoms with Gasteiger partial charge < -0.3 is 25.3 Å². The second-order valence-electron chi connectivity index (χ2n) is 18.9. The Bertz CT molecular complexity index is 2330. The van der Waals surface area contributed by atoms with E-state index in [9.17, 15) is 32.4 Å². The van der Waals surface area contributed by atoms with Gasteiger partial charge in [0, 0.05) is 35.4 Å². The number of aromatic amines is 1. The van der Waals surface area contributed by atoms with Gasteiger partial charge in [0.25, 0.3) is 5.91 Å². The number of fused-ring (bicyclic) bond motifs is 3. The summed E-state index contributed by atoms with van der Waals surface area (Å²) in [6.07, 6.45) is 15.6. The molecule has 338 valence electrons. The summed E-state index contributed by atoms with van der Waals surface area (Å²) in [6.45, 7) is 9.64. The van der Waals surface area contributed by atoms with E-state index in [0.29, 0.717) is 57.4 Å². The fourth-order valence-electron chi connectivity index (χ4n) is 9.06. The second-order valence-corrected chi connectivity index (χ2v) is 21.7. The number of sulfonamides is 1. The number of rotatable bonds is 7. The normalized spacial score (nSPS) is 25.6. The zero-order valence-electron chi connectivity index (χ0n) is 36.7. The Morgan fingerprint density at radius 1 is 0.968 bits per heavy atom. The Hall–Kier alpha value is -4.51. The van der Waals surface area contributed by atoms with Gasteiger partial charge >= 0.3 is 11.8 Å². The Labute approximate surface area is 368 Å². The molecule has 17 heteroatoms.